The fourth-order valence-corrected chi connectivity index (χ4v) is 2.64. The maximum absolute atomic E-state index is 12.0. The van der Waals surface area contributed by atoms with Crippen LogP contribution in [0.4, 0.5) is 17.1 Å². The third kappa shape index (κ3) is 4.69. The van der Waals surface area contributed by atoms with Crippen molar-refractivity contribution < 1.29 is 9.53 Å². The third-order valence-electron chi connectivity index (χ3n) is 3.39. The summed E-state index contributed by atoms with van der Waals surface area (Å²) >= 11 is 11.9. The molecule has 0 saturated heterocycles. The van der Waals surface area contributed by atoms with Crippen LogP contribution in [0, 0.1) is 6.92 Å². The van der Waals surface area contributed by atoms with Gasteiger partial charge >= 0.3 is 0 Å². The van der Waals surface area contributed by atoms with Gasteiger partial charge in [-0.05, 0) is 36.8 Å². The van der Waals surface area contributed by atoms with Gasteiger partial charge in [0, 0.05) is 18.7 Å². The van der Waals surface area contributed by atoms with E-state index < -0.39 is 0 Å². The summed E-state index contributed by atoms with van der Waals surface area (Å²) in [6, 6.07) is 8.95. The summed E-state index contributed by atoms with van der Waals surface area (Å²) in [5.74, 6) is 0.573. The molecule has 1 amide bonds. The van der Waals surface area contributed by atoms with Gasteiger partial charge in [-0.2, -0.15) is 0 Å². The summed E-state index contributed by atoms with van der Waals surface area (Å²) in [7, 11) is 1.61. The number of nitrogens with one attached hydrogen (secondary N) is 2. The lowest BCUT2D eigenvalue weighted by Crippen LogP contribution is -2.16. The van der Waals surface area contributed by atoms with E-state index >= 15 is 0 Å². The molecule has 0 bridgehead atoms. The number of hydrogen-bond donors (Lipinski definition) is 3. The van der Waals surface area contributed by atoms with Crippen LogP contribution >= 0.6 is 23.2 Å². The molecule has 0 fully saturated rings. The number of methoxy groups -OCH3 is 1. The smallest absolute Gasteiger partial charge is 0.226 e. The summed E-state index contributed by atoms with van der Waals surface area (Å²) in [4.78, 5) is 12.0. The minimum absolute atomic E-state index is 0.161. The Morgan fingerprint density at radius 3 is 2.50 bits per heavy atom. The molecule has 0 heterocycles. The average molecular weight is 368 g/mol. The highest BCUT2D eigenvalue weighted by atomic mass is 35.5. The quantitative estimate of drug-likeness (QED) is 0.664. The predicted octanol–water partition coefficient (Wildman–Crippen LogP) is 4.33. The number of anilines is 3. The van der Waals surface area contributed by atoms with Crippen LogP contribution in [0.2, 0.25) is 10.0 Å². The number of hydrogen-bond acceptors (Lipinski definition) is 4. The lowest BCUT2D eigenvalue weighted by Gasteiger charge is -2.12. The second-order valence-electron chi connectivity index (χ2n) is 5.28. The van der Waals surface area contributed by atoms with Crippen molar-refractivity contribution in [2.24, 2.45) is 0 Å². The second kappa shape index (κ2) is 8.13. The maximum atomic E-state index is 12.0. The molecule has 0 spiro atoms. The van der Waals surface area contributed by atoms with Gasteiger partial charge in [-0.1, -0.05) is 29.3 Å². The molecule has 24 heavy (non-hydrogen) atoms. The van der Waals surface area contributed by atoms with Crippen LogP contribution in [-0.2, 0) is 4.79 Å². The Balaban J connectivity index is 1.91. The van der Waals surface area contributed by atoms with Crippen LogP contribution in [0.1, 0.15) is 12.0 Å². The van der Waals surface area contributed by atoms with Crippen molar-refractivity contribution in [3.63, 3.8) is 0 Å². The van der Waals surface area contributed by atoms with Gasteiger partial charge in [0.2, 0.25) is 5.91 Å². The molecule has 128 valence electrons. The number of benzene rings is 2. The van der Waals surface area contributed by atoms with Gasteiger partial charge < -0.3 is 21.1 Å². The molecule has 0 saturated carbocycles. The van der Waals surface area contributed by atoms with Gasteiger partial charge in [0.05, 0.1) is 28.5 Å². The van der Waals surface area contributed by atoms with E-state index in [-0.39, 0.29) is 12.3 Å². The number of aryl methyl sites for hydroxylation is 1. The number of nitrogens with two attached hydrogens (primary N) is 1. The van der Waals surface area contributed by atoms with Crippen LogP contribution in [-0.4, -0.2) is 19.6 Å². The first-order valence-corrected chi connectivity index (χ1v) is 8.09. The van der Waals surface area contributed by atoms with Gasteiger partial charge in [-0.15, -0.1) is 0 Å². The Kier molecular flexibility index (Phi) is 6.17. The zero-order valence-electron chi connectivity index (χ0n) is 13.5. The van der Waals surface area contributed by atoms with Crippen LogP contribution in [0.15, 0.2) is 30.3 Å². The number of halogens is 2. The largest absolute Gasteiger partial charge is 0.495 e. The van der Waals surface area contributed by atoms with Gasteiger partial charge in [-0.3, -0.25) is 4.79 Å². The molecule has 0 aromatic heterocycles. The molecule has 0 atom stereocenters. The molecule has 0 radical (unpaired) electrons. The Hall–Kier alpha value is -2.11. The zero-order valence-corrected chi connectivity index (χ0v) is 15.0. The number of nitrogen functional groups attached to an aromatic ring is 1. The minimum Gasteiger partial charge on any atom is -0.495 e. The Morgan fingerprint density at radius 2 is 1.88 bits per heavy atom. The summed E-state index contributed by atoms with van der Waals surface area (Å²) in [5.41, 5.74) is 8.43. The van der Waals surface area contributed by atoms with Crippen LogP contribution < -0.4 is 21.1 Å². The van der Waals surface area contributed by atoms with E-state index in [0.29, 0.717) is 28.0 Å². The van der Waals surface area contributed by atoms with Crippen molar-refractivity contribution in [3.05, 3.63) is 45.9 Å². The summed E-state index contributed by atoms with van der Waals surface area (Å²) in [6.45, 7) is 2.45. The van der Waals surface area contributed by atoms with Gasteiger partial charge in [0.1, 0.15) is 5.75 Å². The third-order valence-corrected chi connectivity index (χ3v) is 4.01. The number of carbonyl (C=O) groups excluding carboxylic acids is 1. The van der Waals surface area contributed by atoms with Crippen LogP contribution in [0.5, 0.6) is 5.75 Å². The molecule has 2 aromatic carbocycles. The summed E-state index contributed by atoms with van der Waals surface area (Å²) < 4.78 is 5.29. The molecule has 2 aromatic rings. The van der Waals surface area contributed by atoms with E-state index in [4.69, 9.17) is 33.7 Å². The first-order valence-electron chi connectivity index (χ1n) is 7.33. The van der Waals surface area contributed by atoms with Crippen molar-refractivity contribution in [1.29, 1.82) is 0 Å². The maximum Gasteiger partial charge on any atom is 0.226 e. The first-order chi connectivity index (χ1) is 11.4. The molecule has 0 aliphatic heterocycles. The fraction of sp³-hybridized carbons (Fsp3) is 0.235. The molecule has 4 N–H and O–H groups in total. The van der Waals surface area contributed by atoms with Crippen molar-refractivity contribution in [1.82, 2.24) is 0 Å². The first kappa shape index (κ1) is 18.2. The topological polar surface area (TPSA) is 76.4 Å². The van der Waals surface area contributed by atoms with E-state index in [0.717, 1.165) is 17.0 Å². The van der Waals surface area contributed by atoms with Crippen molar-refractivity contribution in [2.75, 3.05) is 30.0 Å². The van der Waals surface area contributed by atoms with Crippen molar-refractivity contribution in [3.8, 4) is 5.75 Å². The fourth-order valence-electron chi connectivity index (χ4n) is 2.15. The number of rotatable bonds is 6. The molecule has 7 heteroatoms. The van der Waals surface area contributed by atoms with Gasteiger partial charge in [0.15, 0.2) is 0 Å². The van der Waals surface area contributed by atoms with E-state index in [1.54, 1.807) is 19.2 Å². The monoisotopic (exact) mass is 367 g/mol. The molecule has 0 unspecified atom stereocenters. The molecule has 0 aliphatic rings. The Morgan fingerprint density at radius 1 is 1.21 bits per heavy atom. The molecular formula is C17H19Cl2N3O2. The van der Waals surface area contributed by atoms with E-state index in [2.05, 4.69) is 10.6 Å². The highest BCUT2D eigenvalue weighted by Gasteiger charge is 2.09. The lowest BCUT2D eigenvalue weighted by molar-refractivity contribution is -0.115. The summed E-state index contributed by atoms with van der Waals surface area (Å²) in [5, 5.41) is 6.55. The minimum atomic E-state index is -0.161. The second-order valence-corrected chi connectivity index (χ2v) is 6.10. The van der Waals surface area contributed by atoms with E-state index in [9.17, 15) is 4.79 Å². The van der Waals surface area contributed by atoms with Crippen molar-refractivity contribution in [2.45, 2.75) is 13.3 Å². The van der Waals surface area contributed by atoms with Crippen LogP contribution in [0.25, 0.3) is 0 Å². The SMILES string of the molecule is COc1ccc(C)cc1NCCC(=O)Nc1cc(Cl)c(N)c(Cl)c1. The Labute approximate surface area is 151 Å². The van der Waals surface area contributed by atoms with Crippen molar-refractivity contribution >= 4 is 46.2 Å². The Bertz CT molecular complexity index is 728. The van der Waals surface area contributed by atoms with Gasteiger partial charge in [0.25, 0.3) is 0 Å². The highest BCUT2D eigenvalue weighted by molar-refractivity contribution is 6.39. The molecule has 2 rings (SSSR count). The zero-order chi connectivity index (χ0) is 17.7. The molecule has 0 aliphatic carbocycles. The number of carbonyl (C=O) groups is 1. The van der Waals surface area contributed by atoms with Crippen LogP contribution in [0.3, 0.4) is 0 Å². The lowest BCUT2D eigenvalue weighted by atomic mass is 10.2. The predicted molar refractivity (Wildman–Crippen MR) is 100 cm³/mol. The molecular weight excluding hydrogens is 349 g/mol. The van der Waals surface area contributed by atoms with E-state index in [1.165, 1.54) is 0 Å². The highest BCUT2D eigenvalue weighted by Crippen LogP contribution is 2.31. The standard InChI is InChI=1S/C17H19Cl2N3O2/c1-10-3-4-15(24-2)14(7-10)21-6-5-16(23)22-11-8-12(18)17(20)13(19)9-11/h3-4,7-9,21H,5-6,20H2,1-2H3,(H,22,23). The molecule has 5 nitrogen and oxygen atoms in total. The number of ether oxygens (including phenoxy) is 1. The summed E-state index contributed by atoms with van der Waals surface area (Å²) in [6.07, 6.45) is 0.275. The van der Waals surface area contributed by atoms with Gasteiger partial charge in [-0.25, -0.2) is 0 Å². The number of amides is 1. The normalized spacial score (nSPS) is 10.3. The van der Waals surface area contributed by atoms with E-state index in [1.807, 2.05) is 25.1 Å². The average Bonchev–Trinajstić information content (AvgIpc) is 2.52.